The summed E-state index contributed by atoms with van der Waals surface area (Å²) in [6, 6.07) is 2.62. The summed E-state index contributed by atoms with van der Waals surface area (Å²) >= 11 is 2.15. The van der Waals surface area contributed by atoms with Gasteiger partial charge in [0.25, 0.3) is 0 Å². The Bertz CT molecular complexity index is 405. The van der Waals surface area contributed by atoms with Crippen LogP contribution in [0, 0.1) is 6.92 Å². The summed E-state index contributed by atoms with van der Waals surface area (Å²) in [6.07, 6.45) is 6.44. The summed E-state index contributed by atoms with van der Waals surface area (Å²) < 4.78 is 2.55. The molecular weight excluding hydrogens is 228 g/mol. The van der Waals surface area contributed by atoms with Crippen molar-refractivity contribution in [3.05, 3.63) is 23.0 Å². The van der Waals surface area contributed by atoms with Gasteiger partial charge in [0.1, 0.15) is 0 Å². The molecule has 0 amide bonds. The van der Waals surface area contributed by atoms with E-state index in [2.05, 4.69) is 29.3 Å². The Hall–Kier alpha value is -0.410. The van der Waals surface area contributed by atoms with Crippen LogP contribution in [-0.2, 0) is 13.0 Å². The molecule has 0 bridgehead atoms. The van der Waals surface area contributed by atoms with E-state index in [1.165, 1.54) is 54.9 Å². The van der Waals surface area contributed by atoms with Crippen LogP contribution in [0.4, 0.5) is 0 Å². The van der Waals surface area contributed by atoms with Crippen molar-refractivity contribution in [2.45, 2.75) is 56.9 Å². The monoisotopic (exact) mass is 250 g/mol. The van der Waals surface area contributed by atoms with Crippen LogP contribution in [0.15, 0.2) is 6.07 Å². The second-order valence-electron chi connectivity index (χ2n) is 5.43. The smallest absolute Gasteiger partial charge is 0.0344 e. The van der Waals surface area contributed by atoms with Crippen LogP contribution >= 0.6 is 11.8 Å². The molecule has 17 heavy (non-hydrogen) atoms. The summed E-state index contributed by atoms with van der Waals surface area (Å²) in [6.45, 7) is 3.45. The molecule has 0 aromatic carbocycles. The van der Waals surface area contributed by atoms with Crippen molar-refractivity contribution in [1.29, 1.82) is 0 Å². The zero-order chi connectivity index (χ0) is 11.8. The fraction of sp³-hybridized carbons (Fsp3) is 0.714. The van der Waals surface area contributed by atoms with E-state index in [-0.39, 0.29) is 6.04 Å². The van der Waals surface area contributed by atoms with Gasteiger partial charge in [0.15, 0.2) is 0 Å². The highest BCUT2D eigenvalue weighted by atomic mass is 32.2. The highest BCUT2D eigenvalue weighted by molar-refractivity contribution is 8.00. The lowest BCUT2D eigenvalue weighted by atomic mass is 9.93. The molecule has 1 saturated heterocycles. The molecule has 2 N–H and O–H groups in total. The van der Waals surface area contributed by atoms with Gasteiger partial charge in [-0.05, 0) is 56.4 Å². The maximum absolute atomic E-state index is 6.22. The molecule has 1 aliphatic carbocycles. The van der Waals surface area contributed by atoms with Gasteiger partial charge in [0.05, 0.1) is 0 Å². The van der Waals surface area contributed by atoms with Gasteiger partial charge in [0, 0.05) is 29.2 Å². The van der Waals surface area contributed by atoms with Crippen LogP contribution in [-0.4, -0.2) is 15.6 Å². The lowest BCUT2D eigenvalue weighted by Crippen LogP contribution is -2.20. The fourth-order valence-corrected chi connectivity index (χ4v) is 4.50. The van der Waals surface area contributed by atoms with Crippen LogP contribution in [0.2, 0.25) is 0 Å². The molecule has 0 radical (unpaired) electrons. The number of aryl methyl sites for hydroxylation is 1. The zero-order valence-corrected chi connectivity index (χ0v) is 11.4. The van der Waals surface area contributed by atoms with Crippen LogP contribution in [0.1, 0.15) is 48.7 Å². The van der Waals surface area contributed by atoms with Gasteiger partial charge in [-0.1, -0.05) is 0 Å². The van der Waals surface area contributed by atoms with Crippen LogP contribution in [0.5, 0.6) is 0 Å². The van der Waals surface area contributed by atoms with Crippen molar-refractivity contribution in [3.8, 4) is 0 Å². The predicted octanol–water partition coefficient (Wildman–Crippen LogP) is 3.03. The lowest BCUT2D eigenvalue weighted by Gasteiger charge is -2.22. The molecular formula is C14H22N2S. The van der Waals surface area contributed by atoms with Gasteiger partial charge >= 0.3 is 0 Å². The largest absolute Gasteiger partial charge is 0.347 e. The highest BCUT2D eigenvalue weighted by Crippen LogP contribution is 2.33. The zero-order valence-electron chi connectivity index (χ0n) is 10.6. The molecule has 1 aromatic heterocycles. The molecule has 2 aliphatic rings. The van der Waals surface area contributed by atoms with Gasteiger partial charge in [0.2, 0.25) is 0 Å². The molecule has 1 aliphatic heterocycles. The maximum Gasteiger partial charge on any atom is 0.0344 e. The minimum Gasteiger partial charge on any atom is -0.347 e. The number of hydrogen-bond acceptors (Lipinski definition) is 2. The summed E-state index contributed by atoms with van der Waals surface area (Å²) in [5.74, 6) is 1.35. The summed E-state index contributed by atoms with van der Waals surface area (Å²) in [5, 5.41) is 0.836. The number of aromatic nitrogens is 1. The summed E-state index contributed by atoms with van der Waals surface area (Å²) in [5.41, 5.74) is 10.6. The number of rotatable bonds is 2. The highest BCUT2D eigenvalue weighted by Gasteiger charge is 2.24. The molecule has 1 fully saturated rings. The van der Waals surface area contributed by atoms with Gasteiger partial charge < -0.3 is 10.3 Å². The minimum absolute atomic E-state index is 0.287. The van der Waals surface area contributed by atoms with E-state index in [9.17, 15) is 0 Å². The maximum atomic E-state index is 6.22. The van der Waals surface area contributed by atoms with E-state index in [1.54, 1.807) is 0 Å². The Balaban J connectivity index is 1.87. The van der Waals surface area contributed by atoms with Gasteiger partial charge in [-0.2, -0.15) is 11.8 Å². The van der Waals surface area contributed by atoms with E-state index >= 15 is 0 Å². The third-order valence-electron chi connectivity index (χ3n) is 4.19. The SMILES string of the molecule is Cc1cc2c(n1CC1CCCS1)CCCC2N. The van der Waals surface area contributed by atoms with Crippen molar-refractivity contribution in [2.24, 2.45) is 5.73 Å². The molecule has 0 spiro atoms. The van der Waals surface area contributed by atoms with Crippen LogP contribution in [0.3, 0.4) is 0 Å². The fourth-order valence-electron chi connectivity index (χ4n) is 3.25. The normalized spacial score (nSPS) is 28.4. The van der Waals surface area contributed by atoms with Crippen molar-refractivity contribution in [3.63, 3.8) is 0 Å². The Kier molecular flexibility index (Phi) is 3.22. The average Bonchev–Trinajstić information content (AvgIpc) is 2.91. The Morgan fingerprint density at radius 3 is 3.06 bits per heavy atom. The molecule has 94 valence electrons. The topological polar surface area (TPSA) is 30.9 Å². The first-order valence-electron chi connectivity index (χ1n) is 6.82. The van der Waals surface area contributed by atoms with E-state index in [1.807, 2.05) is 0 Å². The second kappa shape index (κ2) is 4.69. The molecule has 1 aromatic rings. The second-order valence-corrected chi connectivity index (χ2v) is 6.84. The molecule has 2 nitrogen and oxygen atoms in total. The number of nitrogens with zero attached hydrogens (tertiary/aromatic N) is 1. The first kappa shape index (κ1) is 11.7. The molecule has 2 atom stereocenters. The van der Waals surface area contributed by atoms with E-state index in [0.717, 1.165) is 11.7 Å². The summed E-state index contributed by atoms with van der Waals surface area (Å²) in [7, 11) is 0. The van der Waals surface area contributed by atoms with Gasteiger partial charge in [-0.15, -0.1) is 0 Å². The number of thioether (sulfide) groups is 1. The number of nitrogens with two attached hydrogens (primary N) is 1. The van der Waals surface area contributed by atoms with Crippen molar-refractivity contribution >= 4 is 11.8 Å². The van der Waals surface area contributed by atoms with Crippen molar-refractivity contribution in [2.75, 3.05) is 5.75 Å². The van der Waals surface area contributed by atoms with Crippen LogP contribution in [0.25, 0.3) is 0 Å². The number of hydrogen-bond donors (Lipinski definition) is 1. The van der Waals surface area contributed by atoms with Crippen molar-refractivity contribution in [1.82, 2.24) is 4.57 Å². The van der Waals surface area contributed by atoms with Gasteiger partial charge in [-0.25, -0.2) is 0 Å². The quantitative estimate of drug-likeness (QED) is 0.874. The molecule has 3 rings (SSSR count). The molecule has 2 heterocycles. The van der Waals surface area contributed by atoms with E-state index in [4.69, 9.17) is 5.73 Å². The third kappa shape index (κ3) is 2.15. The molecule has 0 saturated carbocycles. The molecule has 2 unspecified atom stereocenters. The van der Waals surface area contributed by atoms with Crippen LogP contribution < -0.4 is 5.73 Å². The van der Waals surface area contributed by atoms with Crippen molar-refractivity contribution < 1.29 is 0 Å². The average molecular weight is 250 g/mol. The number of fused-ring (bicyclic) bond motifs is 1. The molecule has 3 heteroatoms. The van der Waals surface area contributed by atoms with Gasteiger partial charge in [-0.3, -0.25) is 0 Å². The Morgan fingerprint density at radius 1 is 1.41 bits per heavy atom. The van der Waals surface area contributed by atoms with E-state index in [0.29, 0.717) is 0 Å². The standard InChI is InChI=1S/C14H22N2S/c1-10-8-12-13(15)5-2-6-14(12)16(10)9-11-4-3-7-17-11/h8,11,13H,2-7,9,15H2,1H3. The third-order valence-corrected chi connectivity index (χ3v) is 5.57. The van der Waals surface area contributed by atoms with E-state index < -0.39 is 0 Å². The Labute approximate surface area is 108 Å². The summed E-state index contributed by atoms with van der Waals surface area (Å²) in [4.78, 5) is 0. The first-order valence-corrected chi connectivity index (χ1v) is 7.86. The Morgan fingerprint density at radius 2 is 2.29 bits per heavy atom. The lowest BCUT2D eigenvalue weighted by molar-refractivity contribution is 0.529. The first-order chi connectivity index (χ1) is 8.25. The minimum atomic E-state index is 0.287. The predicted molar refractivity (Wildman–Crippen MR) is 74.5 cm³/mol.